The van der Waals surface area contributed by atoms with E-state index in [0.29, 0.717) is 17.0 Å². The minimum atomic E-state index is -0.203. The van der Waals surface area contributed by atoms with Crippen LogP contribution in [0.5, 0.6) is 5.75 Å². The molecule has 5 heteroatoms. The number of carbonyl (C=O) groups excluding carboxylic acids is 1. The summed E-state index contributed by atoms with van der Waals surface area (Å²) in [5.74, 6) is 0.426. The topological polar surface area (TPSA) is 64.3 Å². The highest BCUT2D eigenvalue weighted by molar-refractivity contribution is 9.10. The van der Waals surface area contributed by atoms with Crippen LogP contribution in [0.2, 0.25) is 0 Å². The number of ether oxygens (including phenoxy) is 1. The smallest absolute Gasteiger partial charge is 0.253 e. The SMILES string of the molecule is COc1ccc(C(=O)NC(C)c2ccc(Br)cc2)c(N)c1. The second-order valence-corrected chi connectivity index (χ2v) is 5.62. The van der Waals surface area contributed by atoms with E-state index in [1.165, 1.54) is 0 Å². The van der Waals surface area contributed by atoms with Gasteiger partial charge in [0, 0.05) is 16.2 Å². The predicted molar refractivity (Wildman–Crippen MR) is 87.4 cm³/mol. The molecular weight excluding hydrogens is 332 g/mol. The second kappa shape index (κ2) is 6.63. The number of nitrogen functional groups attached to an aromatic ring is 1. The molecule has 0 saturated heterocycles. The molecule has 0 fully saturated rings. The summed E-state index contributed by atoms with van der Waals surface area (Å²) < 4.78 is 6.08. The van der Waals surface area contributed by atoms with Crippen molar-refractivity contribution in [2.45, 2.75) is 13.0 Å². The molecule has 3 N–H and O–H groups in total. The molecule has 0 heterocycles. The van der Waals surface area contributed by atoms with Crippen LogP contribution in [-0.2, 0) is 0 Å². The summed E-state index contributed by atoms with van der Waals surface area (Å²) >= 11 is 3.39. The third-order valence-corrected chi connectivity index (χ3v) is 3.75. The van der Waals surface area contributed by atoms with E-state index in [2.05, 4.69) is 21.2 Å². The summed E-state index contributed by atoms with van der Waals surface area (Å²) in [5.41, 5.74) is 7.75. The number of rotatable bonds is 4. The molecule has 110 valence electrons. The third kappa shape index (κ3) is 3.76. The van der Waals surface area contributed by atoms with Crippen LogP contribution >= 0.6 is 15.9 Å². The number of anilines is 1. The Labute approximate surface area is 132 Å². The molecule has 2 rings (SSSR count). The Balaban J connectivity index is 2.12. The van der Waals surface area contributed by atoms with Gasteiger partial charge in [-0.3, -0.25) is 4.79 Å². The summed E-state index contributed by atoms with van der Waals surface area (Å²) in [5, 5.41) is 2.94. The summed E-state index contributed by atoms with van der Waals surface area (Å²) in [6.07, 6.45) is 0. The highest BCUT2D eigenvalue weighted by Crippen LogP contribution is 2.21. The summed E-state index contributed by atoms with van der Waals surface area (Å²) in [6, 6.07) is 12.7. The number of carbonyl (C=O) groups is 1. The fourth-order valence-corrected chi connectivity index (χ4v) is 2.25. The Morgan fingerprint density at radius 1 is 1.24 bits per heavy atom. The van der Waals surface area contributed by atoms with Gasteiger partial charge in [-0.15, -0.1) is 0 Å². The van der Waals surface area contributed by atoms with Gasteiger partial charge in [-0.05, 0) is 36.8 Å². The molecule has 1 amide bonds. The van der Waals surface area contributed by atoms with Crippen LogP contribution in [0.3, 0.4) is 0 Å². The van der Waals surface area contributed by atoms with Crippen molar-refractivity contribution in [2.24, 2.45) is 0 Å². The van der Waals surface area contributed by atoms with E-state index in [1.807, 2.05) is 31.2 Å². The third-order valence-electron chi connectivity index (χ3n) is 3.22. The first-order valence-electron chi connectivity index (χ1n) is 6.51. The highest BCUT2D eigenvalue weighted by atomic mass is 79.9. The lowest BCUT2D eigenvalue weighted by Crippen LogP contribution is -2.27. The van der Waals surface area contributed by atoms with Crippen molar-refractivity contribution in [3.05, 3.63) is 58.1 Å². The standard InChI is InChI=1S/C16H17BrN2O2/c1-10(11-3-5-12(17)6-4-11)19-16(20)14-8-7-13(21-2)9-15(14)18/h3-10H,18H2,1-2H3,(H,19,20). The number of nitrogens with two attached hydrogens (primary N) is 1. The average molecular weight is 349 g/mol. The van der Waals surface area contributed by atoms with E-state index < -0.39 is 0 Å². The minimum absolute atomic E-state index is 0.105. The summed E-state index contributed by atoms with van der Waals surface area (Å²) in [4.78, 5) is 12.3. The molecule has 1 unspecified atom stereocenters. The molecule has 0 aliphatic rings. The van der Waals surface area contributed by atoms with Crippen LogP contribution in [0, 0.1) is 0 Å². The van der Waals surface area contributed by atoms with Gasteiger partial charge in [0.1, 0.15) is 5.75 Å². The lowest BCUT2D eigenvalue weighted by molar-refractivity contribution is 0.0941. The number of halogens is 1. The van der Waals surface area contributed by atoms with Gasteiger partial charge in [0.05, 0.1) is 18.7 Å². The van der Waals surface area contributed by atoms with Gasteiger partial charge in [-0.25, -0.2) is 0 Å². The van der Waals surface area contributed by atoms with Crippen LogP contribution in [0.1, 0.15) is 28.9 Å². The van der Waals surface area contributed by atoms with E-state index in [1.54, 1.807) is 25.3 Å². The van der Waals surface area contributed by atoms with Crippen molar-refractivity contribution >= 4 is 27.5 Å². The van der Waals surface area contributed by atoms with E-state index in [-0.39, 0.29) is 11.9 Å². The lowest BCUT2D eigenvalue weighted by atomic mass is 10.1. The molecule has 2 aromatic rings. The van der Waals surface area contributed by atoms with Crippen molar-refractivity contribution < 1.29 is 9.53 Å². The van der Waals surface area contributed by atoms with E-state index >= 15 is 0 Å². The maximum absolute atomic E-state index is 12.3. The first-order chi connectivity index (χ1) is 10.0. The zero-order valence-corrected chi connectivity index (χ0v) is 13.5. The Kier molecular flexibility index (Phi) is 4.85. The minimum Gasteiger partial charge on any atom is -0.497 e. The van der Waals surface area contributed by atoms with Crippen LogP contribution in [0.4, 0.5) is 5.69 Å². The Bertz CT molecular complexity index is 641. The molecule has 4 nitrogen and oxygen atoms in total. The summed E-state index contributed by atoms with van der Waals surface area (Å²) in [6.45, 7) is 1.93. The Hall–Kier alpha value is -2.01. The first kappa shape index (κ1) is 15.4. The molecule has 0 aliphatic heterocycles. The zero-order chi connectivity index (χ0) is 15.4. The van der Waals surface area contributed by atoms with Gasteiger partial charge in [-0.1, -0.05) is 28.1 Å². The monoisotopic (exact) mass is 348 g/mol. The number of benzene rings is 2. The normalized spacial score (nSPS) is 11.8. The highest BCUT2D eigenvalue weighted by Gasteiger charge is 2.14. The maximum Gasteiger partial charge on any atom is 0.253 e. The number of hydrogen-bond acceptors (Lipinski definition) is 3. The first-order valence-corrected chi connectivity index (χ1v) is 7.30. The number of amides is 1. The number of hydrogen-bond donors (Lipinski definition) is 2. The molecule has 21 heavy (non-hydrogen) atoms. The molecule has 2 aromatic carbocycles. The van der Waals surface area contributed by atoms with Gasteiger partial charge < -0.3 is 15.8 Å². The Morgan fingerprint density at radius 2 is 1.90 bits per heavy atom. The maximum atomic E-state index is 12.3. The molecule has 0 aromatic heterocycles. The fourth-order valence-electron chi connectivity index (χ4n) is 1.98. The summed E-state index contributed by atoms with van der Waals surface area (Å²) in [7, 11) is 1.56. The predicted octanol–water partition coefficient (Wildman–Crippen LogP) is 3.53. The number of nitrogens with one attached hydrogen (secondary N) is 1. The van der Waals surface area contributed by atoms with Crippen LogP contribution in [0.25, 0.3) is 0 Å². The van der Waals surface area contributed by atoms with Crippen molar-refractivity contribution in [2.75, 3.05) is 12.8 Å². The van der Waals surface area contributed by atoms with Crippen molar-refractivity contribution in [3.8, 4) is 5.75 Å². The molecule has 0 saturated carbocycles. The second-order valence-electron chi connectivity index (χ2n) is 4.70. The van der Waals surface area contributed by atoms with Gasteiger partial charge in [0.25, 0.3) is 5.91 Å². The molecule has 0 spiro atoms. The van der Waals surface area contributed by atoms with E-state index in [4.69, 9.17) is 10.5 Å². The molecular formula is C16H17BrN2O2. The molecule has 1 atom stereocenters. The van der Waals surface area contributed by atoms with E-state index in [0.717, 1.165) is 10.0 Å². The number of methoxy groups -OCH3 is 1. The van der Waals surface area contributed by atoms with Gasteiger partial charge in [0.2, 0.25) is 0 Å². The molecule has 0 aliphatic carbocycles. The van der Waals surface area contributed by atoms with Crippen molar-refractivity contribution in [3.63, 3.8) is 0 Å². The van der Waals surface area contributed by atoms with Crippen LogP contribution in [-0.4, -0.2) is 13.0 Å². The van der Waals surface area contributed by atoms with Gasteiger partial charge in [0.15, 0.2) is 0 Å². The van der Waals surface area contributed by atoms with E-state index in [9.17, 15) is 4.79 Å². The Morgan fingerprint density at radius 3 is 2.48 bits per heavy atom. The van der Waals surface area contributed by atoms with Gasteiger partial charge >= 0.3 is 0 Å². The molecule has 0 radical (unpaired) electrons. The van der Waals surface area contributed by atoms with Gasteiger partial charge in [-0.2, -0.15) is 0 Å². The zero-order valence-electron chi connectivity index (χ0n) is 11.9. The van der Waals surface area contributed by atoms with Crippen molar-refractivity contribution in [1.29, 1.82) is 0 Å². The quantitative estimate of drug-likeness (QED) is 0.830. The lowest BCUT2D eigenvalue weighted by Gasteiger charge is -2.15. The molecule has 0 bridgehead atoms. The van der Waals surface area contributed by atoms with Crippen molar-refractivity contribution in [1.82, 2.24) is 5.32 Å². The largest absolute Gasteiger partial charge is 0.497 e. The van der Waals surface area contributed by atoms with Crippen LogP contribution in [0.15, 0.2) is 46.9 Å². The fraction of sp³-hybridized carbons (Fsp3) is 0.188. The van der Waals surface area contributed by atoms with Crippen LogP contribution < -0.4 is 15.8 Å². The average Bonchev–Trinajstić information content (AvgIpc) is 2.47.